The highest BCUT2D eigenvalue weighted by atomic mass is 35.5. The van der Waals surface area contributed by atoms with Gasteiger partial charge >= 0.3 is 0 Å². The van der Waals surface area contributed by atoms with E-state index in [0.29, 0.717) is 10.6 Å². The SMILES string of the molecule is CC(C)(C)NC(=O)Cc1c(Cl)ccc(CC(C)(C)NC(=O)Cc2ccccc2Cl)c1F. The maximum absolute atomic E-state index is 15.2. The van der Waals surface area contributed by atoms with Crippen LogP contribution < -0.4 is 10.6 Å². The molecule has 168 valence electrons. The van der Waals surface area contributed by atoms with Crippen molar-refractivity contribution in [3.63, 3.8) is 0 Å². The van der Waals surface area contributed by atoms with Crippen molar-refractivity contribution in [2.45, 2.75) is 65.0 Å². The van der Waals surface area contributed by atoms with Gasteiger partial charge in [0.1, 0.15) is 5.82 Å². The fourth-order valence-electron chi connectivity index (χ4n) is 3.32. The van der Waals surface area contributed by atoms with Crippen LogP contribution in [0, 0.1) is 5.82 Å². The maximum Gasteiger partial charge on any atom is 0.224 e. The van der Waals surface area contributed by atoms with Crippen molar-refractivity contribution in [2.75, 3.05) is 0 Å². The lowest BCUT2D eigenvalue weighted by molar-refractivity contribution is -0.122. The highest BCUT2D eigenvalue weighted by Crippen LogP contribution is 2.26. The zero-order valence-corrected chi connectivity index (χ0v) is 20.0. The Kier molecular flexibility index (Phi) is 8.12. The normalized spacial score (nSPS) is 11.9. The highest BCUT2D eigenvalue weighted by molar-refractivity contribution is 6.31. The van der Waals surface area contributed by atoms with Crippen LogP contribution in [0.15, 0.2) is 36.4 Å². The molecule has 0 unspecified atom stereocenters. The van der Waals surface area contributed by atoms with Crippen LogP contribution in [-0.2, 0) is 28.9 Å². The van der Waals surface area contributed by atoms with E-state index in [1.807, 2.05) is 40.7 Å². The Morgan fingerprint density at radius 1 is 0.839 bits per heavy atom. The highest BCUT2D eigenvalue weighted by Gasteiger charge is 2.25. The molecule has 2 N–H and O–H groups in total. The monoisotopic (exact) mass is 466 g/mol. The summed E-state index contributed by atoms with van der Waals surface area (Å²) >= 11 is 12.3. The van der Waals surface area contributed by atoms with Gasteiger partial charge in [-0.1, -0.05) is 47.5 Å². The third-order valence-corrected chi connectivity index (χ3v) is 5.26. The van der Waals surface area contributed by atoms with Gasteiger partial charge in [0, 0.05) is 26.7 Å². The van der Waals surface area contributed by atoms with Gasteiger partial charge in [-0.3, -0.25) is 9.59 Å². The number of rotatable bonds is 7. The van der Waals surface area contributed by atoms with Crippen LogP contribution in [-0.4, -0.2) is 22.9 Å². The van der Waals surface area contributed by atoms with Crippen molar-refractivity contribution in [2.24, 2.45) is 0 Å². The first-order valence-electron chi connectivity index (χ1n) is 10.1. The topological polar surface area (TPSA) is 58.2 Å². The summed E-state index contributed by atoms with van der Waals surface area (Å²) in [4.78, 5) is 24.8. The molecule has 2 aromatic carbocycles. The van der Waals surface area contributed by atoms with Gasteiger partial charge in [-0.15, -0.1) is 0 Å². The van der Waals surface area contributed by atoms with Gasteiger partial charge in [0.25, 0.3) is 0 Å². The third kappa shape index (κ3) is 7.82. The van der Waals surface area contributed by atoms with E-state index in [1.54, 1.807) is 30.3 Å². The molecule has 4 nitrogen and oxygen atoms in total. The smallest absolute Gasteiger partial charge is 0.224 e. The summed E-state index contributed by atoms with van der Waals surface area (Å²) in [5.41, 5.74) is 0.108. The first kappa shape index (κ1) is 25.2. The molecule has 0 saturated carbocycles. The van der Waals surface area contributed by atoms with Crippen LogP contribution in [0.5, 0.6) is 0 Å². The van der Waals surface area contributed by atoms with Gasteiger partial charge in [-0.25, -0.2) is 4.39 Å². The minimum absolute atomic E-state index is 0.129. The summed E-state index contributed by atoms with van der Waals surface area (Å²) in [5.74, 6) is -1.04. The Morgan fingerprint density at radius 3 is 2.06 bits per heavy atom. The Bertz CT molecular complexity index is 969. The van der Waals surface area contributed by atoms with Crippen LogP contribution in [0.3, 0.4) is 0 Å². The molecule has 31 heavy (non-hydrogen) atoms. The van der Waals surface area contributed by atoms with E-state index in [0.717, 1.165) is 5.56 Å². The van der Waals surface area contributed by atoms with Gasteiger partial charge in [-0.05, 0) is 64.3 Å². The largest absolute Gasteiger partial charge is 0.351 e. The van der Waals surface area contributed by atoms with Crippen molar-refractivity contribution in [3.8, 4) is 0 Å². The zero-order valence-electron chi connectivity index (χ0n) is 18.5. The fraction of sp³-hybridized carbons (Fsp3) is 0.417. The average Bonchev–Trinajstić information content (AvgIpc) is 2.61. The molecule has 0 aliphatic heterocycles. The van der Waals surface area contributed by atoms with E-state index in [1.165, 1.54) is 0 Å². The number of benzene rings is 2. The Labute approximate surface area is 193 Å². The standard InChI is InChI=1S/C24H29Cl2FN2O2/c1-23(2,3)28-21(31)13-17-19(26)11-10-16(22(17)27)14-24(4,5)29-20(30)12-15-8-6-7-9-18(15)25/h6-11H,12-14H2,1-5H3,(H,28,31)(H,29,30). The van der Waals surface area contributed by atoms with Gasteiger partial charge in [-0.2, -0.15) is 0 Å². The molecule has 7 heteroatoms. The number of nitrogens with one attached hydrogen (secondary N) is 2. The lowest BCUT2D eigenvalue weighted by Crippen LogP contribution is -2.46. The first-order chi connectivity index (χ1) is 14.3. The number of carbonyl (C=O) groups excluding carboxylic acids is 2. The lowest BCUT2D eigenvalue weighted by atomic mass is 9.92. The second kappa shape index (κ2) is 10.0. The second-order valence-electron chi connectivity index (χ2n) is 9.35. The van der Waals surface area contributed by atoms with Crippen molar-refractivity contribution >= 4 is 35.0 Å². The molecular weight excluding hydrogens is 438 g/mol. The number of hydrogen-bond acceptors (Lipinski definition) is 2. The summed E-state index contributed by atoms with van der Waals surface area (Å²) in [6.45, 7) is 9.20. The van der Waals surface area contributed by atoms with Gasteiger partial charge in [0.05, 0.1) is 12.8 Å². The van der Waals surface area contributed by atoms with Crippen molar-refractivity contribution < 1.29 is 14.0 Å². The molecule has 2 aromatic rings. The molecule has 0 spiro atoms. The van der Waals surface area contributed by atoms with Gasteiger partial charge in [0.15, 0.2) is 0 Å². The lowest BCUT2D eigenvalue weighted by Gasteiger charge is -2.27. The Morgan fingerprint density at radius 2 is 1.45 bits per heavy atom. The predicted molar refractivity (Wildman–Crippen MR) is 124 cm³/mol. The molecule has 0 heterocycles. The van der Waals surface area contributed by atoms with E-state index in [2.05, 4.69) is 10.6 Å². The van der Waals surface area contributed by atoms with Gasteiger partial charge in [0.2, 0.25) is 11.8 Å². The Hall–Kier alpha value is -2.11. The molecular formula is C24H29Cl2FN2O2. The van der Waals surface area contributed by atoms with Crippen molar-refractivity contribution in [3.05, 3.63) is 69.0 Å². The molecule has 0 aliphatic carbocycles. The van der Waals surface area contributed by atoms with Crippen LogP contribution in [0.25, 0.3) is 0 Å². The Balaban J connectivity index is 2.12. The zero-order chi connectivity index (χ0) is 23.4. The molecule has 2 rings (SSSR count). The predicted octanol–water partition coefficient (Wildman–Crippen LogP) is 5.27. The molecule has 0 radical (unpaired) electrons. The molecule has 0 aliphatic rings. The quantitative estimate of drug-likeness (QED) is 0.583. The van der Waals surface area contributed by atoms with E-state index in [9.17, 15) is 9.59 Å². The third-order valence-electron chi connectivity index (χ3n) is 4.54. The molecule has 0 aromatic heterocycles. The summed E-state index contributed by atoms with van der Waals surface area (Å²) < 4.78 is 15.2. The fourth-order valence-corrected chi connectivity index (χ4v) is 3.74. The summed E-state index contributed by atoms with van der Waals surface area (Å²) in [5, 5.41) is 6.47. The molecule has 0 bridgehead atoms. The molecule has 2 amide bonds. The number of halogens is 3. The van der Waals surface area contributed by atoms with Crippen LogP contribution >= 0.6 is 23.2 Å². The second-order valence-corrected chi connectivity index (χ2v) is 10.2. The van der Waals surface area contributed by atoms with Crippen LogP contribution in [0.1, 0.15) is 51.3 Å². The van der Waals surface area contributed by atoms with E-state index in [4.69, 9.17) is 23.2 Å². The van der Waals surface area contributed by atoms with Crippen molar-refractivity contribution in [1.29, 1.82) is 0 Å². The number of hydrogen-bond donors (Lipinski definition) is 2. The molecule has 0 saturated heterocycles. The summed E-state index contributed by atoms with van der Waals surface area (Å²) in [6, 6.07) is 10.3. The minimum Gasteiger partial charge on any atom is -0.351 e. The summed E-state index contributed by atoms with van der Waals surface area (Å²) in [6.07, 6.45) is 0.206. The van der Waals surface area contributed by atoms with Crippen LogP contribution in [0.2, 0.25) is 10.0 Å². The van der Waals surface area contributed by atoms with Crippen LogP contribution in [0.4, 0.5) is 4.39 Å². The van der Waals surface area contributed by atoms with E-state index in [-0.39, 0.29) is 41.7 Å². The molecule has 0 fully saturated rings. The first-order valence-corrected chi connectivity index (χ1v) is 10.8. The maximum atomic E-state index is 15.2. The molecule has 0 atom stereocenters. The number of amides is 2. The minimum atomic E-state index is -0.724. The van der Waals surface area contributed by atoms with Gasteiger partial charge < -0.3 is 10.6 Å². The summed E-state index contributed by atoms with van der Waals surface area (Å²) in [7, 11) is 0. The number of carbonyl (C=O) groups is 2. The van der Waals surface area contributed by atoms with E-state index < -0.39 is 16.9 Å². The van der Waals surface area contributed by atoms with Crippen molar-refractivity contribution in [1.82, 2.24) is 10.6 Å². The van der Waals surface area contributed by atoms with E-state index >= 15 is 4.39 Å². The average molecular weight is 467 g/mol.